The number of halogens is 2. The quantitative estimate of drug-likeness (QED) is 0.0441. The minimum absolute atomic E-state index is 0.0146. The molecule has 10 bridgehead atoms. The second kappa shape index (κ2) is 24.0. The molecule has 10 saturated carbocycles. The van der Waals surface area contributed by atoms with Crippen LogP contribution in [0.25, 0.3) is 0 Å². The summed E-state index contributed by atoms with van der Waals surface area (Å²) < 4.78 is 90.4. The SMILES string of the molecule is CC1C2CCC(C2)C1CC(CC(C)(CC(C)(CC(C)(C)C(=O)OCC(F)(F)S(=O)(=O)O)C(=O)OC12CC3CC(CC(O)(C3)C1)C2)C(=O)OC1CCOC1=O)C(=O)OC1(C)C2CC3CC(C2)CC1C3.c1ccc([S+](c2ccccc2)c2ccccc2)cc1. The Bertz CT molecular complexity index is 3000. The molecule has 87 heavy (non-hydrogen) atoms. The monoisotopic (exact) mass is 1240 g/mol. The number of hydrogen-bond acceptors (Lipinski definition) is 13. The third kappa shape index (κ3) is 13.2. The van der Waals surface area contributed by atoms with Gasteiger partial charge in [-0.15, -0.1) is 0 Å². The summed E-state index contributed by atoms with van der Waals surface area (Å²) in [6.07, 6.45) is 9.96. The van der Waals surface area contributed by atoms with Gasteiger partial charge in [-0.1, -0.05) is 61.5 Å². The van der Waals surface area contributed by atoms with Crippen molar-refractivity contribution in [2.24, 2.45) is 81.3 Å². The van der Waals surface area contributed by atoms with Crippen LogP contribution >= 0.6 is 0 Å². The summed E-state index contributed by atoms with van der Waals surface area (Å²) in [4.78, 5) is 76.6. The molecule has 3 aromatic carbocycles. The van der Waals surface area contributed by atoms with E-state index in [0.717, 1.165) is 51.4 Å². The number of alkyl halides is 2. The van der Waals surface area contributed by atoms with Crippen LogP contribution in [-0.4, -0.2) is 89.3 Å². The maximum Gasteiger partial charge on any atom is 0.402 e. The summed E-state index contributed by atoms with van der Waals surface area (Å²) >= 11 is 0. The molecule has 474 valence electrons. The van der Waals surface area contributed by atoms with Gasteiger partial charge in [0.05, 0.1) is 45.3 Å². The minimum Gasteiger partial charge on any atom is -0.463 e. The van der Waals surface area contributed by atoms with Gasteiger partial charge in [0.1, 0.15) is 11.2 Å². The number of esters is 5. The van der Waals surface area contributed by atoms with Crippen LogP contribution in [0.5, 0.6) is 0 Å². The molecule has 1 heterocycles. The van der Waals surface area contributed by atoms with Gasteiger partial charge in [-0.25, -0.2) is 4.79 Å². The highest BCUT2D eigenvalue weighted by Gasteiger charge is 2.63. The smallest absolute Gasteiger partial charge is 0.402 e. The first-order valence-corrected chi connectivity index (χ1v) is 34.6. The lowest BCUT2D eigenvalue weighted by atomic mass is 9.50. The van der Waals surface area contributed by atoms with Crippen molar-refractivity contribution < 1.29 is 74.5 Å². The fourth-order valence-electron chi connectivity index (χ4n) is 19.1. The van der Waals surface area contributed by atoms with Crippen LogP contribution in [0.1, 0.15) is 164 Å². The molecule has 10 unspecified atom stereocenters. The van der Waals surface area contributed by atoms with Gasteiger partial charge >= 0.3 is 45.2 Å². The third-order valence-electron chi connectivity index (χ3n) is 22.5. The van der Waals surface area contributed by atoms with E-state index in [-0.39, 0.29) is 66.4 Å². The molecule has 1 aliphatic heterocycles. The van der Waals surface area contributed by atoms with Gasteiger partial charge in [0, 0.05) is 12.8 Å². The number of benzene rings is 3. The molecule has 0 spiro atoms. The van der Waals surface area contributed by atoms with Crippen molar-refractivity contribution in [3.63, 3.8) is 0 Å². The van der Waals surface area contributed by atoms with Gasteiger partial charge < -0.3 is 28.8 Å². The molecule has 14 nitrogen and oxygen atoms in total. The van der Waals surface area contributed by atoms with Crippen molar-refractivity contribution in [1.29, 1.82) is 0 Å². The van der Waals surface area contributed by atoms with E-state index in [0.29, 0.717) is 61.7 Å². The fourth-order valence-corrected chi connectivity index (χ4v) is 21.4. The summed E-state index contributed by atoms with van der Waals surface area (Å²) in [5, 5.41) is 6.83. The van der Waals surface area contributed by atoms with Crippen LogP contribution in [0.4, 0.5) is 8.78 Å². The molecular weight excluding hydrogens is 1150 g/mol. The van der Waals surface area contributed by atoms with Crippen LogP contribution < -0.4 is 0 Å². The lowest BCUT2D eigenvalue weighted by molar-refractivity contribution is -0.228. The first-order valence-electron chi connectivity index (χ1n) is 32.0. The predicted octanol–water partition coefficient (Wildman–Crippen LogP) is 12.9. The molecule has 2 N–H and O–H groups in total. The Hall–Kier alpha value is -4.91. The number of cyclic esters (lactones) is 1. The van der Waals surface area contributed by atoms with E-state index in [1.807, 2.05) is 0 Å². The van der Waals surface area contributed by atoms with Gasteiger partial charge in [-0.05, 0) is 239 Å². The van der Waals surface area contributed by atoms with E-state index in [9.17, 15) is 31.9 Å². The zero-order valence-corrected chi connectivity index (χ0v) is 52.9. The molecule has 0 aromatic heterocycles. The van der Waals surface area contributed by atoms with Crippen molar-refractivity contribution in [3.8, 4) is 0 Å². The Morgan fingerprint density at radius 1 is 0.690 bits per heavy atom. The Morgan fingerprint density at radius 3 is 1.70 bits per heavy atom. The number of ether oxygens (including phenoxy) is 5. The third-order valence-corrected chi connectivity index (χ3v) is 25.6. The van der Waals surface area contributed by atoms with Crippen LogP contribution in [0.3, 0.4) is 0 Å². The number of rotatable bonds is 21. The molecule has 10 aliphatic carbocycles. The maximum absolute atomic E-state index is 15.4. The van der Waals surface area contributed by atoms with Crippen LogP contribution in [-0.2, 0) is 68.7 Å². The van der Waals surface area contributed by atoms with Crippen LogP contribution in [0.2, 0.25) is 0 Å². The molecule has 1 saturated heterocycles. The molecule has 0 amide bonds. The largest absolute Gasteiger partial charge is 0.463 e. The van der Waals surface area contributed by atoms with E-state index >= 15 is 14.4 Å². The highest BCUT2D eigenvalue weighted by atomic mass is 32.2. The lowest BCUT2D eigenvalue weighted by Crippen LogP contribution is -2.61. The molecule has 10 atom stereocenters. The Morgan fingerprint density at radius 2 is 1.22 bits per heavy atom. The number of fused-ring (bicyclic) bond motifs is 2. The van der Waals surface area contributed by atoms with Crippen molar-refractivity contribution in [1.82, 2.24) is 0 Å². The zero-order chi connectivity index (χ0) is 62.1. The topological polar surface area (TPSA) is 206 Å². The summed E-state index contributed by atoms with van der Waals surface area (Å²) in [6, 6.07) is 32.2. The van der Waals surface area contributed by atoms with Crippen molar-refractivity contribution in [2.45, 2.75) is 206 Å². The maximum atomic E-state index is 15.4. The summed E-state index contributed by atoms with van der Waals surface area (Å²) in [5.74, 6) is -1.67. The van der Waals surface area contributed by atoms with Crippen molar-refractivity contribution in [2.75, 3.05) is 13.2 Å². The lowest BCUT2D eigenvalue weighted by Gasteiger charge is -2.59. The van der Waals surface area contributed by atoms with Gasteiger partial charge in [0.25, 0.3) is 0 Å². The summed E-state index contributed by atoms with van der Waals surface area (Å²) in [7, 11) is -5.97. The van der Waals surface area contributed by atoms with Crippen LogP contribution in [0, 0.1) is 81.3 Å². The van der Waals surface area contributed by atoms with E-state index in [1.165, 1.54) is 41.9 Å². The predicted molar refractivity (Wildman–Crippen MR) is 320 cm³/mol. The van der Waals surface area contributed by atoms with E-state index in [2.05, 4.69) is 105 Å². The van der Waals surface area contributed by atoms with E-state index in [4.69, 9.17) is 28.2 Å². The highest BCUT2D eigenvalue weighted by Crippen LogP contribution is 2.62. The summed E-state index contributed by atoms with van der Waals surface area (Å²) in [5.41, 5.74) is -8.19. The van der Waals surface area contributed by atoms with Crippen molar-refractivity contribution >= 4 is 50.9 Å². The Kier molecular flexibility index (Phi) is 17.6. The van der Waals surface area contributed by atoms with Gasteiger partial charge in [0.15, 0.2) is 21.3 Å². The van der Waals surface area contributed by atoms with Gasteiger partial charge in [0.2, 0.25) is 6.10 Å². The van der Waals surface area contributed by atoms with Crippen LogP contribution in [0.15, 0.2) is 106 Å². The summed E-state index contributed by atoms with van der Waals surface area (Å²) in [6.45, 7) is 8.14. The minimum atomic E-state index is -5.95. The molecular formula is C69H89F2O14S2+. The number of aliphatic hydroxyl groups is 1. The second-order valence-electron chi connectivity index (χ2n) is 29.8. The number of carbonyl (C=O) groups excluding carboxylic acids is 5. The van der Waals surface area contributed by atoms with E-state index < -0.39 is 110 Å². The molecule has 18 heteroatoms. The fraction of sp³-hybridized carbons (Fsp3) is 0.667. The standard InChI is InChI=1S/C51H74F2O14S.C18H15S/c1-28-33-7-8-34(17-33)38(28)18-35(40(54)66-48(6)36-13-29-11-30(15-36)16-37(48)14-29)23-46(4,43(57)65-39-9-10-63-41(39)55)25-47(5,24-45(2,3)42(56)64-27-51(52,53)68(60,61)62)44(58)67-50-21-31-12-32(22-50)20-49(59,19-31)26-50;1-4-10-16(11-5-1)19(17-12-6-2-7-13-17)18-14-8-3-9-15-18/h28-39,59H,7-27H2,1-6H3,(H,60,61,62);1-15H/q;+1. The molecule has 14 rings (SSSR count). The average Bonchev–Trinajstić information content (AvgIpc) is 1.24. The normalized spacial score (nSPS) is 34.5. The average molecular weight is 1240 g/mol. The highest BCUT2D eigenvalue weighted by molar-refractivity contribution is 7.97. The molecule has 3 aromatic rings. The van der Waals surface area contributed by atoms with E-state index in [1.54, 1.807) is 6.92 Å². The Balaban J connectivity index is 0.000000348. The van der Waals surface area contributed by atoms with Gasteiger partial charge in [-0.2, -0.15) is 17.2 Å². The molecule has 11 fully saturated rings. The van der Waals surface area contributed by atoms with Crippen molar-refractivity contribution in [3.05, 3.63) is 91.0 Å². The molecule has 11 aliphatic rings. The first-order chi connectivity index (χ1) is 41.0. The second-order valence-corrected chi connectivity index (χ2v) is 33.4. The first kappa shape index (κ1) is 63.7. The van der Waals surface area contributed by atoms with Gasteiger partial charge in [-0.3, -0.25) is 23.7 Å². The Labute approximate surface area is 514 Å². The zero-order valence-electron chi connectivity index (χ0n) is 51.3. The number of carbonyl (C=O) groups is 5. The number of hydrogen-bond donors (Lipinski definition) is 2. The molecule has 0 radical (unpaired) electrons.